The van der Waals surface area contributed by atoms with Crippen LogP contribution in [-0.2, 0) is 19.9 Å². The Labute approximate surface area is 175 Å². The summed E-state index contributed by atoms with van der Waals surface area (Å²) in [4.78, 5) is 0. The molecular weight excluding hydrogens is 399 g/mol. The standard InChI is InChI=1S/C26H40GeN/c1-19(2)14-22-13-12-20(3)24(16-22)26-17-23(15-21-10-8-9-11-21)25(18-28(26)7)27(4,5)6/h12-13,16-19,21H,8-11,14-15H2,1-7H3/q+1. The van der Waals surface area contributed by atoms with E-state index < -0.39 is 13.3 Å². The molecular formula is C26H40GeN+. The second-order valence-electron chi connectivity index (χ2n) is 10.6. The summed E-state index contributed by atoms with van der Waals surface area (Å²) >= 11 is -1.92. The molecule has 0 aliphatic heterocycles. The molecule has 0 N–H and O–H groups in total. The molecule has 152 valence electrons. The Hall–Kier alpha value is -1.09. The van der Waals surface area contributed by atoms with Crippen LogP contribution in [0.4, 0.5) is 0 Å². The van der Waals surface area contributed by atoms with Gasteiger partial charge < -0.3 is 0 Å². The van der Waals surface area contributed by atoms with Gasteiger partial charge >= 0.3 is 176 Å². The van der Waals surface area contributed by atoms with E-state index in [4.69, 9.17) is 0 Å². The van der Waals surface area contributed by atoms with Crippen molar-refractivity contribution >= 4 is 17.7 Å². The molecule has 1 saturated carbocycles. The van der Waals surface area contributed by atoms with E-state index >= 15 is 0 Å². The van der Waals surface area contributed by atoms with Gasteiger partial charge in [-0.2, -0.15) is 0 Å². The third kappa shape index (κ3) is 5.09. The Bertz CT molecular complexity index is 823. The van der Waals surface area contributed by atoms with E-state index in [1.165, 1.54) is 54.5 Å². The summed E-state index contributed by atoms with van der Waals surface area (Å²) in [5, 5.41) is 0. The van der Waals surface area contributed by atoms with Gasteiger partial charge in [0.25, 0.3) is 0 Å². The van der Waals surface area contributed by atoms with Gasteiger partial charge in [-0.15, -0.1) is 0 Å². The molecule has 1 nitrogen and oxygen atoms in total. The molecule has 0 unspecified atom stereocenters. The van der Waals surface area contributed by atoms with Crippen molar-refractivity contribution in [2.45, 2.75) is 76.6 Å². The van der Waals surface area contributed by atoms with Gasteiger partial charge in [0.1, 0.15) is 0 Å². The molecule has 1 aliphatic carbocycles. The number of aromatic nitrogens is 1. The van der Waals surface area contributed by atoms with Crippen LogP contribution in [0.2, 0.25) is 17.3 Å². The van der Waals surface area contributed by atoms with Crippen LogP contribution in [0.15, 0.2) is 30.5 Å². The fourth-order valence-electron chi connectivity index (χ4n) is 4.87. The Morgan fingerprint density at radius 2 is 1.75 bits per heavy atom. The first-order chi connectivity index (χ1) is 13.1. The van der Waals surface area contributed by atoms with Crippen LogP contribution in [0.3, 0.4) is 0 Å². The zero-order valence-corrected chi connectivity index (χ0v) is 21.3. The Morgan fingerprint density at radius 1 is 1.07 bits per heavy atom. The Kier molecular flexibility index (Phi) is 6.74. The van der Waals surface area contributed by atoms with Crippen molar-refractivity contribution in [3.63, 3.8) is 0 Å². The fraction of sp³-hybridized carbons (Fsp3) is 0.577. The molecule has 1 heterocycles. The SMILES string of the molecule is Cc1ccc(CC(C)C)cc1-c1cc(CC2CCCC2)[c]([Ge]([CH3])([CH3])[CH3])c[n+]1C. The average molecular weight is 439 g/mol. The first kappa shape index (κ1) is 21.6. The van der Waals surface area contributed by atoms with Gasteiger partial charge in [-0.05, 0) is 0 Å². The van der Waals surface area contributed by atoms with Crippen LogP contribution >= 0.6 is 0 Å². The van der Waals surface area contributed by atoms with Crippen molar-refractivity contribution < 1.29 is 4.57 Å². The molecule has 3 rings (SSSR count). The summed E-state index contributed by atoms with van der Waals surface area (Å²) in [6, 6.07) is 9.64. The van der Waals surface area contributed by atoms with Crippen molar-refractivity contribution in [2.24, 2.45) is 18.9 Å². The van der Waals surface area contributed by atoms with E-state index in [2.05, 4.69) is 80.1 Å². The molecule has 0 amide bonds. The third-order valence-corrected chi connectivity index (χ3v) is 10.7. The molecule has 0 radical (unpaired) electrons. The number of aryl methyl sites for hydroxylation is 2. The molecule has 1 fully saturated rings. The summed E-state index contributed by atoms with van der Waals surface area (Å²) in [5.41, 5.74) is 7.32. The minimum atomic E-state index is -1.92. The maximum atomic E-state index is 2.56. The first-order valence-corrected chi connectivity index (χ1v) is 18.6. The number of hydrogen-bond acceptors (Lipinski definition) is 0. The predicted octanol–water partition coefficient (Wildman–Crippen LogP) is 5.96. The second-order valence-corrected chi connectivity index (χ2v) is 21.1. The predicted molar refractivity (Wildman–Crippen MR) is 125 cm³/mol. The summed E-state index contributed by atoms with van der Waals surface area (Å²) < 4.78 is 4.11. The number of nitrogens with zero attached hydrogens (tertiary/aromatic N) is 1. The van der Waals surface area contributed by atoms with Gasteiger partial charge in [-0.1, -0.05) is 0 Å². The van der Waals surface area contributed by atoms with Crippen LogP contribution in [-0.4, -0.2) is 13.3 Å². The average Bonchev–Trinajstić information content (AvgIpc) is 3.10. The topological polar surface area (TPSA) is 3.88 Å². The van der Waals surface area contributed by atoms with Gasteiger partial charge in [0.2, 0.25) is 0 Å². The minimum absolute atomic E-state index is 0.693. The summed E-state index contributed by atoms with van der Waals surface area (Å²) in [7, 11) is 2.25. The normalized spacial score (nSPS) is 15.6. The molecule has 1 aromatic heterocycles. The molecule has 0 spiro atoms. The maximum absolute atomic E-state index is 2.56. The summed E-state index contributed by atoms with van der Waals surface area (Å²) in [5.74, 6) is 9.22. The van der Waals surface area contributed by atoms with Crippen molar-refractivity contribution in [2.75, 3.05) is 0 Å². The monoisotopic (exact) mass is 440 g/mol. The third-order valence-electron chi connectivity index (χ3n) is 6.37. The molecule has 28 heavy (non-hydrogen) atoms. The second kappa shape index (κ2) is 8.73. The van der Waals surface area contributed by atoms with Crippen molar-refractivity contribution in [3.8, 4) is 11.3 Å². The Balaban J connectivity index is 2.08. The van der Waals surface area contributed by atoms with Gasteiger partial charge in [0.15, 0.2) is 0 Å². The fourth-order valence-corrected chi connectivity index (χ4v) is 8.48. The van der Waals surface area contributed by atoms with Gasteiger partial charge in [0, 0.05) is 0 Å². The van der Waals surface area contributed by atoms with Crippen LogP contribution in [0.1, 0.15) is 56.2 Å². The zero-order valence-electron chi connectivity index (χ0n) is 19.2. The molecule has 2 aromatic rings. The van der Waals surface area contributed by atoms with E-state index in [-0.39, 0.29) is 0 Å². The number of pyridine rings is 1. The van der Waals surface area contributed by atoms with Gasteiger partial charge in [-0.25, -0.2) is 0 Å². The van der Waals surface area contributed by atoms with Crippen molar-refractivity contribution in [1.82, 2.24) is 0 Å². The molecule has 0 saturated heterocycles. The first-order valence-electron chi connectivity index (χ1n) is 11.3. The van der Waals surface area contributed by atoms with Crippen LogP contribution < -0.4 is 8.96 Å². The zero-order chi connectivity index (χ0) is 20.5. The molecule has 0 bridgehead atoms. The summed E-state index contributed by atoms with van der Waals surface area (Å²) in [6.07, 6.45) is 10.7. The van der Waals surface area contributed by atoms with Crippen LogP contribution in [0, 0.1) is 18.8 Å². The number of benzene rings is 1. The number of rotatable bonds is 6. The van der Waals surface area contributed by atoms with Gasteiger partial charge in [0.05, 0.1) is 0 Å². The van der Waals surface area contributed by atoms with Crippen LogP contribution in [0.25, 0.3) is 11.3 Å². The van der Waals surface area contributed by atoms with E-state index in [9.17, 15) is 0 Å². The van der Waals surface area contributed by atoms with E-state index in [0.717, 1.165) is 12.3 Å². The van der Waals surface area contributed by atoms with Crippen molar-refractivity contribution in [3.05, 3.63) is 47.2 Å². The Morgan fingerprint density at radius 3 is 2.36 bits per heavy atom. The van der Waals surface area contributed by atoms with Crippen LogP contribution in [0.5, 0.6) is 0 Å². The number of hydrogen-bond donors (Lipinski definition) is 0. The summed E-state index contributed by atoms with van der Waals surface area (Å²) in [6.45, 7) is 6.88. The van der Waals surface area contributed by atoms with E-state index in [1.54, 1.807) is 9.96 Å². The molecule has 0 atom stereocenters. The molecule has 1 aromatic carbocycles. The van der Waals surface area contributed by atoms with E-state index in [1.807, 2.05) is 0 Å². The van der Waals surface area contributed by atoms with E-state index in [0.29, 0.717) is 5.92 Å². The van der Waals surface area contributed by atoms with Gasteiger partial charge in [-0.3, -0.25) is 0 Å². The molecule has 2 heteroatoms. The quantitative estimate of drug-likeness (QED) is 0.386. The van der Waals surface area contributed by atoms with Crippen molar-refractivity contribution in [1.29, 1.82) is 0 Å². The molecule has 1 aliphatic rings.